The van der Waals surface area contributed by atoms with Crippen LogP contribution in [0, 0.1) is 0 Å². The number of piperazine rings is 2. The van der Waals surface area contributed by atoms with Crippen molar-refractivity contribution in [3.8, 4) is 11.5 Å². The average molecular weight is 481 g/mol. The maximum atomic E-state index is 13.2. The van der Waals surface area contributed by atoms with E-state index in [1.54, 1.807) is 24.4 Å². The Bertz CT molecular complexity index is 1090. The third-order valence-corrected chi connectivity index (χ3v) is 6.39. The number of nitrogens with one attached hydrogen (secondary N) is 2. The van der Waals surface area contributed by atoms with Crippen LogP contribution in [0.5, 0.6) is 11.5 Å². The number of carbonyl (C=O) groups excluding carboxylic acids is 3. The molecule has 1 unspecified atom stereocenters. The molecule has 5 rings (SSSR count). The smallest absolute Gasteiger partial charge is 0.243 e. The summed E-state index contributed by atoms with van der Waals surface area (Å²) < 4.78 is 10.6. The van der Waals surface area contributed by atoms with Gasteiger partial charge in [0.05, 0.1) is 13.0 Å². The lowest BCUT2D eigenvalue weighted by Crippen LogP contribution is -2.60. The summed E-state index contributed by atoms with van der Waals surface area (Å²) in [6.07, 6.45) is 1.65. The van der Waals surface area contributed by atoms with Crippen LogP contribution in [0.3, 0.4) is 0 Å². The number of amides is 3. The molecular formula is C24H28N6O5. The predicted molar refractivity (Wildman–Crippen MR) is 127 cm³/mol. The number of pyridine rings is 1. The van der Waals surface area contributed by atoms with Crippen molar-refractivity contribution in [2.75, 3.05) is 62.8 Å². The van der Waals surface area contributed by atoms with E-state index in [2.05, 4.69) is 25.4 Å². The van der Waals surface area contributed by atoms with Crippen molar-refractivity contribution in [3.05, 3.63) is 42.6 Å². The van der Waals surface area contributed by atoms with Crippen molar-refractivity contribution in [2.45, 2.75) is 12.5 Å². The zero-order chi connectivity index (χ0) is 24.2. The van der Waals surface area contributed by atoms with Gasteiger partial charge in [-0.15, -0.1) is 0 Å². The number of benzene rings is 1. The number of hydrogen-bond acceptors (Lipinski definition) is 8. The Morgan fingerprint density at radius 3 is 2.69 bits per heavy atom. The Morgan fingerprint density at radius 1 is 1.06 bits per heavy atom. The van der Waals surface area contributed by atoms with Crippen molar-refractivity contribution < 1.29 is 23.9 Å². The standard InChI is InChI=1S/C24H28N6O5/c31-22(27-17-4-5-19-20(13-17)35-16-34-19)14-18-24(33)26-7-8-30(18)23(32)15-28-9-11-29(12-10-28)21-3-1-2-6-25-21/h1-6,13,18H,7-12,14-16H2,(H,26,33)(H,27,31). The molecule has 3 amide bonds. The highest BCUT2D eigenvalue weighted by molar-refractivity contribution is 5.97. The van der Waals surface area contributed by atoms with Crippen molar-refractivity contribution in [1.82, 2.24) is 20.1 Å². The molecule has 1 atom stereocenters. The molecule has 2 N–H and O–H groups in total. The molecule has 11 nitrogen and oxygen atoms in total. The zero-order valence-electron chi connectivity index (χ0n) is 19.3. The molecule has 35 heavy (non-hydrogen) atoms. The van der Waals surface area contributed by atoms with Crippen LogP contribution in [0.2, 0.25) is 0 Å². The third kappa shape index (κ3) is 5.29. The van der Waals surface area contributed by atoms with Gasteiger partial charge in [0.1, 0.15) is 11.9 Å². The third-order valence-electron chi connectivity index (χ3n) is 6.39. The second-order valence-electron chi connectivity index (χ2n) is 8.67. The van der Waals surface area contributed by atoms with Gasteiger partial charge in [-0.05, 0) is 24.3 Å². The summed E-state index contributed by atoms with van der Waals surface area (Å²) in [6.45, 7) is 4.08. The number of nitrogens with zero attached hydrogens (tertiary/aromatic N) is 4. The minimum atomic E-state index is -0.847. The van der Waals surface area contributed by atoms with Gasteiger partial charge in [-0.25, -0.2) is 4.98 Å². The fraction of sp³-hybridized carbons (Fsp3) is 0.417. The molecule has 184 valence electrons. The Hall–Kier alpha value is -3.86. The summed E-state index contributed by atoms with van der Waals surface area (Å²) in [5.41, 5.74) is 0.541. The van der Waals surface area contributed by atoms with E-state index in [0.29, 0.717) is 30.3 Å². The molecule has 2 aromatic rings. The highest BCUT2D eigenvalue weighted by Crippen LogP contribution is 2.34. The first-order valence-corrected chi connectivity index (χ1v) is 11.7. The molecule has 3 aliphatic rings. The summed E-state index contributed by atoms with van der Waals surface area (Å²) in [4.78, 5) is 48.7. The van der Waals surface area contributed by atoms with Crippen LogP contribution < -0.4 is 25.0 Å². The van der Waals surface area contributed by atoms with Crippen molar-refractivity contribution in [2.24, 2.45) is 0 Å². The van der Waals surface area contributed by atoms with Gasteiger partial charge in [-0.1, -0.05) is 6.07 Å². The van der Waals surface area contributed by atoms with E-state index >= 15 is 0 Å². The number of anilines is 2. The minimum Gasteiger partial charge on any atom is -0.454 e. The Morgan fingerprint density at radius 2 is 1.89 bits per heavy atom. The van der Waals surface area contributed by atoms with Gasteiger partial charge in [0, 0.05) is 57.2 Å². The Balaban J connectivity index is 1.16. The van der Waals surface area contributed by atoms with Crippen LogP contribution in [0.1, 0.15) is 6.42 Å². The summed E-state index contributed by atoms with van der Waals surface area (Å²) >= 11 is 0. The molecule has 0 saturated carbocycles. The first-order chi connectivity index (χ1) is 17.1. The maximum absolute atomic E-state index is 13.2. The van der Waals surface area contributed by atoms with Gasteiger partial charge in [0.2, 0.25) is 24.5 Å². The summed E-state index contributed by atoms with van der Waals surface area (Å²) in [6, 6.07) is 10.1. The molecule has 2 saturated heterocycles. The average Bonchev–Trinajstić information content (AvgIpc) is 3.34. The van der Waals surface area contributed by atoms with E-state index in [0.717, 1.165) is 32.0 Å². The number of ether oxygens (including phenoxy) is 2. The fourth-order valence-electron chi connectivity index (χ4n) is 4.54. The van der Waals surface area contributed by atoms with Crippen LogP contribution in [0.4, 0.5) is 11.5 Å². The first kappa shape index (κ1) is 22.9. The molecule has 0 spiro atoms. The van der Waals surface area contributed by atoms with Crippen LogP contribution in [-0.2, 0) is 14.4 Å². The normalized spacial score (nSPS) is 19.9. The van der Waals surface area contributed by atoms with E-state index in [4.69, 9.17) is 9.47 Å². The zero-order valence-corrected chi connectivity index (χ0v) is 19.3. The second kappa shape index (κ2) is 10.2. The van der Waals surface area contributed by atoms with Crippen LogP contribution >= 0.6 is 0 Å². The highest BCUT2D eigenvalue weighted by Gasteiger charge is 2.35. The van der Waals surface area contributed by atoms with Crippen molar-refractivity contribution >= 4 is 29.2 Å². The largest absolute Gasteiger partial charge is 0.454 e. The van der Waals surface area contributed by atoms with E-state index in [1.165, 1.54) is 4.90 Å². The molecule has 4 heterocycles. The lowest BCUT2D eigenvalue weighted by molar-refractivity contribution is -0.145. The van der Waals surface area contributed by atoms with E-state index in [-0.39, 0.29) is 37.5 Å². The second-order valence-corrected chi connectivity index (χ2v) is 8.67. The Kier molecular flexibility index (Phi) is 6.66. The quantitative estimate of drug-likeness (QED) is 0.606. The van der Waals surface area contributed by atoms with E-state index in [9.17, 15) is 14.4 Å². The summed E-state index contributed by atoms with van der Waals surface area (Å²) in [5.74, 6) is 1.29. The first-order valence-electron chi connectivity index (χ1n) is 11.7. The van der Waals surface area contributed by atoms with Gasteiger partial charge in [-0.3, -0.25) is 19.3 Å². The SMILES string of the molecule is O=C(CC1C(=O)NCCN1C(=O)CN1CCN(c2ccccn2)CC1)Nc1ccc2c(c1)OCO2. The Labute approximate surface area is 203 Å². The molecule has 0 bridgehead atoms. The fourth-order valence-corrected chi connectivity index (χ4v) is 4.54. The molecule has 0 radical (unpaired) electrons. The van der Waals surface area contributed by atoms with Gasteiger partial charge < -0.3 is 29.9 Å². The molecule has 2 fully saturated rings. The molecule has 0 aliphatic carbocycles. The topological polar surface area (TPSA) is 116 Å². The monoisotopic (exact) mass is 480 g/mol. The van der Waals surface area contributed by atoms with E-state index in [1.807, 2.05) is 18.2 Å². The molecule has 1 aromatic heterocycles. The lowest BCUT2D eigenvalue weighted by atomic mass is 10.1. The molecule has 1 aromatic carbocycles. The number of rotatable bonds is 6. The van der Waals surface area contributed by atoms with Gasteiger partial charge in [0.25, 0.3) is 0 Å². The van der Waals surface area contributed by atoms with E-state index < -0.39 is 6.04 Å². The van der Waals surface area contributed by atoms with Gasteiger partial charge in [0.15, 0.2) is 11.5 Å². The van der Waals surface area contributed by atoms with Crippen molar-refractivity contribution in [3.63, 3.8) is 0 Å². The number of hydrogen-bond donors (Lipinski definition) is 2. The maximum Gasteiger partial charge on any atom is 0.243 e. The summed E-state index contributed by atoms with van der Waals surface area (Å²) in [5, 5.41) is 5.56. The van der Waals surface area contributed by atoms with Gasteiger partial charge in [-0.2, -0.15) is 0 Å². The summed E-state index contributed by atoms with van der Waals surface area (Å²) in [7, 11) is 0. The highest BCUT2D eigenvalue weighted by atomic mass is 16.7. The number of fused-ring (bicyclic) bond motifs is 1. The van der Waals surface area contributed by atoms with Gasteiger partial charge >= 0.3 is 0 Å². The minimum absolute atomic E-state index is 0.126. The molecule has 3 aliphatic heterocycles. The molecule has 11 heteroatoms. The van der Waals surface area contributed by atoms with Crippen LogP contribution in [0.25, 0.3) is 0 Å². The lowest BCUT2D eigenvalue weighted by Gasteiger charge is -2.38. The molecular weight excluding hydrogens is 452 g/mol. The van der Waals surface area contributed by atoms with Crippen LogP contribution in [0.15, 0.2) is 42.6 Å². The van der Waals surface area contributed by atoms with Crippen LogP contribution in [-0.4, -0.2) is 91.2 Å². The predicted octanol–water partition coefficient (Wildman–Crippen LogP) is 0.288. The number of aromatic nitrogens is 1. The number of carbonyl (C=O) groups is 3. The van der Waals surface area contributed by atoms with Crippen molar-refractivity contribution in [1.29, 1.82) is 0 Å².